The molecule has 1 aromatic heterocycles. The maximum atomic E-state index is 13.1. The third-order valence-electron chi connectivity index (χ3n) is 3.77. The topological polar surface area (TPSA) is 76.4 Å². The van der Waals surface area contributed by atoms with Gasteiger partial charge in [0.1, 0.15) is 18.1 Å². The molecule has 0 aliphatic carbocycles. The number of amides is 1. The molecule has 3 aromatic rings. The lowest BCUT2D eigenvalue weighted by Gasteiger charge is -2.11. The van der Waals surface area contributed by atoms with Crippen molar-refractivity contribution in [2.75, 3.05) is 18.5 Å². The fourth-order valence-corrected chi connectivity index (χ4v) is 2.65. The molecule has 0 radical (unpaired) electrons. The molecule has 26 heavy (non-hydrogen) atoms. The first-order chi connectivity index (χ1) is 12.5. The Morgan fingerprint density at radius 1 is 1.35 bits per heavy atom. The molecule has 0 saturated carbocycles. The van der Waals surface area contributed by atoms with Gasteiger partial charge in [-0.2, -0.15) is 5.10 Å². The maximum absolute atomic E-state index is 13.1. The molecule has 0 aliphatic heterocycles. The summed E-state index contributed by atoms with van der Waals surface area (Å²) in [4.78, 5) is 12.5. The number of rotatable bonds is 6. The summed E-state index contributed by atoms with van der Waals surface area (Å²) in [6.07, 6.45) is -1.58. The first-order valence-electron chi connectivity index (χ1n) is 7.89. The standard InChI is InChI=1S/C18H17F2N3O3/c1-23-10-14(16(22-23)17(19)20)18(25)21-15-4-2-3-11-5-6-12(9-13(11)15)26-8-7-24/h2-6,9-10,17,24H,7-8H2,1H3,(H,21,25). The van der Waals surface area contributed by atoms with Gasteiger partial charge in [-0.25, -0.2) is 8.78 Å². The Labute approximate surface area is 148 Å². The van der Waals surface area contributed by atoms with Crippen molar-refractivity contribution in [3.8, 4) is 5.75 Å². The molecule has 8 heteroatoms. The lowest BCUT2D eigenvalue weighted by atomic mass is 10.1. The Hall–Kier alpha value is -3.00. The number of carbonyl (C=O) groups excluding carboxylic acids is 1. The molecule has 3 rings (SSSR count). The van der Waals surface area contributed by atoms with Crippen molar-refractivity contribution in [1.29, 1.82) is 0 Å². The summed E-state index contributed by atoms with van der Waals surface area (Å²) >= 11 is 0. The van der Waals surface area contributed by atoms with Gasteiger partial charge in [0.05, 0.1) is 12.2 Å². The van der Waals surface area contributed by atoms with Crippen molar-refractivity contribution in [3.05, 3.63) is 53.9 Å². The van der Waals surface area contributed by atoms with Crippen LogP contribution in [0, 0.1) is 0 Å². The Balaban J connectivity index is 1.94. The summed E-state index contributed by atoms with van der Waals surface area (Å²) < 4.78 is 32.7. The lowest BCUT2D eigenvalue weighted by Crippen LogP contribution is -2.13. The molecule has 136 valence electrons. The Kier molecular flexibility index (Phi) is 5.13. The van der Waals surface area contributed by atoms with Crippen LogP contribution in [0.25, 0.3) is 10.8 Å². The molecule has 0 atom stereocenters. The highest BCUT2D eigenvalue weighted by atomic mass is 19.3. The van der Waals surface area contributed by atoms with Crippen molar-refractivity contribution >= 4 is 22.4 Å². The van der Waals surface area contributed by atoms with Gasteiger partial charge in [-0.1, -0.05) is 18.2 Å². The van der Waals surface area contributed by atoms with E-state index in [1.807, 2.05) is 12.1 Å². The van der Waals surface area contributed by atoms with Gasteiger partial charge < -0.3 is 15.2 Å². The van der Waals surface area contributed by atoms with Crippen molar-refractivity contribution in [2.45, 2.75) is 6.43 Å². The summed E-state index contributed by atoms with van der Waals surface area (Å²) in [5, 5.41) is 16.7. The number of aromatic nitrogens is 2. The average molecular weight is 361 g/mol. The molecule has 0 spiro atoms. The number of hydrogen-bond donors (Lipinski definition) is 2. The van der Waals surface area contributed by atoms with Crippen molar-refractivity contribution in [2.24, 2.45) is 7.05 Å². The Bertz CT molecular complexity index is 941. The number of benzene rings is 2. The van der Waals surface area contributed by atoms with Crippen LogP contribution in [0.5, 0.6) is 5.75 Å². The van der Waals surface area contributed by atoms with Crippen LogP contribution in [-0.2, 0) is 7.05 Å². The number of aliphatic hydroxyl groups is 1. The quantitative estimate of drug-likeness (QED) is 0.707. The summed E-state index contributed by atoms with van der Waals surface area (Å²) in [6, 6.07) is 10.6. The molecule has 0 fully saturated rings. The summed E-state index contributed by atoms with van der Waals surface area (Å²) in [6.45, 7) is 0.0291. The van der Waals surface area contributed by atoms with E-state index < -0.39 is 18.0 Å². The van der Waals surface area contributed by atoms with E-state index in [2.05, 4.69) is 10.4 Å². The van der Waals surface area contributed by atoms with Crippen LogP contribution in [-0.4, -0.2) is 34.0 Å². The van der Waals surface area contributed by atoms with E-state index in [4.69, 9.17) is 9.84 Å². The molecule has 6 nitrogen and oxygen atoms in total. The number of aryl methyl sites for hydroxylation is 1. The molecule has 1 heterocycles. The smallest absolute Gasteiger partial charge is 0.282 e. The van der Waals surface area contributed by atoms with Crippen molar-refractivity contribution in [3.63, 3.8) is 0 Å². The maximum Gasteiger partial charge on any atom is 0.282 e. The highest BCUT2D eigenvalue weighted by Crippen LogP contribution is 2.29. The number of anilines is 1. The molecule has 1 amide bonds. The summed E-state index contributed by atoms with van der Waals surface area (Å²) in [5.74, 6) is -0.134. The van der Waals surface area contributed by atoms with Gasteiger partial charge in [0.15, 0.2) is 0 Å². The number of halogens is 2. The number of alkyl halides is 2. The van der Waals surface area contributed by atoms with Crippen LogP contribution in [0.2, 0.25) is 0 Å². The van der Waals surface area contributed by atoms with Gasteiger partial charge in [-0.05, 0) is 23.6 Å². The fraction of sp³-hybridized carbons (Fsp3) is 0.222. The zero-order chi connectivity index (χ0) is 18.7. The van der Waals surface area contributed by atoms with E-state index >= 15 is 0 Å². The first-order valence-corrected chi connectivity index (χ1v) is 7.89. The van der Waals surface area contributed by atoms with Gasteiger partial charge in [-0.15, -0.1) is 0 Å². The summed E-state index contributed by atoms with van der Waals surface area (Å²) in [5.41, 5.74) is -0.268. The number of nitrogens with one attached hydrogen (secondary N) is 1. The van der Waals surface area contributed by atoms with E-state index in [9.17, 15) is 13.6 Å². The second-order valence-electron chi connectivity index (χ2n) is 5.62. The average Bonchev–Trinajstić information content (AvgIpc) is 3.02. The van der Waals surface area contributed by atoms with Gasteiger partial charge >= 0.3 is 0 Å². The van der Waals surface area contributed by atoms with E-state index in [1.54, 1.807) is 24.3 Å². The minimum Gasteiger partial charge on any atom is -0.491 e. The van der Waals surface area contributed by atoms with Crippen LogP contribution in [0.3, 0.4) is 0 Å². The number of nitrogens with zero attached hydrogens (tertiary/aromatic N) is 2. The zero-order valence-electron chi connectivity index (χ0n) is 13.9. The molecule has 2 N–H and O–H groups in total. The van der Waals surface area contributed by atoms with Crippen LogP contribution in [0.15, 0.2) is 42.6 Å². The molecule has 0 bridgehead atoms. The van der Waals surface area contributed by atoms with E-state index in [-0.39, 0.29) is 18.8 Å². The fourth-order valence-electron chi connectivity index (χ4n) is 2.65. The number of ether oxygens (including phenoxy) is 1. The molecule has 0 saturated heterocycles. The molecule has 0 aliphatic rings. The minimum atomic E-state index is -2.84. The minimum absolute atomic E-state index is 0.117. The predicted molar refractivity (Wildman–Crippen MR) is 92.6 cm³/mol. The monoisotopic (exact) mass is 361 g/mol. The van der Waals surface area contributed by atoms with Crippen LogP contribution in [0.4, 0.5) is 14.5 Å². The largest absolute Gasteiger partial charge is 0.491 e. The lowest BCUT2D eigenvalue weighted by molar-refractivity contribution is 0.101. The van der Waals surface area contributed by atoms with E-state index in [0.717, 1.165) is 5.39 Å². The van der Waals surface area contributed by atoms with E-state index in [1.165, 1.54) is 17.9 Å². The van der Waals surface area contributed by atoms with Gasteiger partial charge in [0.25, 0.3) is 12.3 Å². The highest BCUT2D eigenvalue weighted by molar-refractivity contribution is 6.09. The third kappa shape index (κ3) is 3.65. The van der Waals surface area contributed by atoms with E-state index in [0.29, 0.717) is 16.8 Å². The SMILES string of the molecule is Cn1cc(C(=O)Nc2cccc3ccc(OCCO)cc23)c(C(F)F)n1. The van der Waals surface area contributed by atoms with Gasteiger partial charge in [-0.3, -0.25) is 9.48 Å². The van der Waals surface area contributed by atoms with Crippen LogP contribution >= 0.6 is 0 Å². The number of hydrogen-bond acceptors (Lipinski definition) is 4. The zero-order valence-corrected chi connectivity index (χ0v) is 13.9. The highest BCUT2D eigenvalue weighted by Gasteiger charge is 2.23. The van der Waals surface area contributed by atoms with Crippen molar-refractivity contribution < 1.29 is 23.4 Å². The molecule has 2 aromatic carbocycles. The third-order valence-corrected chi connectivity index (χ3v) is 3.77. The number of aliphatic hydroxyl groups excluding tert-OH is 1. The normalized spacial score (nSPS) is 11.1. The molecular weight excluding hydrogens is 344 g/mol. The van der Waals surface area contributed by atoms with Crippen molar-refractivity contribution in [1.82, 2.24) is 9.78 Å². The Morgan fingerprint density at radius 3 is 2.88 bits per heavy atom. The Morgan fingerprint density at radius 2 is 2.15 bits per heavy atom. The van der Waals surface area contributed by atoms with Gasteiger partial charge in [0.2, 0.25) is 0 Å². The number of fused-ring (bicyclic) bond motifs is 1. The predicted octanol–water partition coefficient (Wildman–Crippen LogP) is 3.13. The first kappa shape index (κ1) is 17.8. The number of carbonyl (C=O) groups is 1. The molecular formula is C18H17F2N3O3. The van der Waals surface area contributed by atoms with Crippen LogP contribution in [0.1, 0.15) is 22.5 Å². The van der Waals surface area contributed by atoms with Gasteiger partial charge in [0, 0.05) is 24.3 Å². The van der Waals surface area contributed by atoms with Crippen LogP contribution < -0.4 is 10.1 Å². The molecule has 0 unspecified atom stereocenters. The second-order valence-corrected chi connectivity index (χ2v) is 5.62. The summed E-state index contributed by atoms with van der Waals surface area (Å²) in [7, 11) is 1.48. The second kappa shape index (κ2) is 7.49.